The molecule has 4 N–H and O–H groups in total. The van der Waals surface area contributed by atoms with Crippen molar-refractivity contribution in [2.24, 2.45) is 0 Å². The molecule has 0 aliphatic carbocycles. The van der Waals surface area contributed by atoms with Crippen molar-refractivity contribution < 1.29 is 47.5 Å². The molecule has 2 heterocycles. The average Bonchev–Trinajstić information content (AvgIpc) is 2.60. The van der Waals surface area contributed by atoms with E-state index in [9.17, 15) is 33.3 Å². The normalized spacial score (nSPS) is 29.1. The summed E-state index contributed by atoms with van der Waals surface area (Å²) in [5, 5.41) is 38.1. The van der Waals surface area contributed by atoms with Gasteiger partial charge in [0.25, 0.3) is 0 Å². The summed E-state index contributed by atoms with van der Waals surface area (Å²) < 4.78 is 54.3. The monoisotopic (exact) mass is 392 g/mol. The highest BCUT2D eigenvalue weighted by atomic mass is 19.4. The molecule has 11 heteroatoms. The summed E-state index contributed by atoms with van der Waals surface area (Å²) in [6.45, 7) is -0.674. The average molecular weight is 392 g/mol. The number of hydrogen-bond acceptors (Lipinski definition) is 8. The van der Waals surface area contributed by atoms with Crippen molar-refractivity contribution in [1.82, 2.24) is 0 Å². The first-order chi connectivity index (χ1) is 12.6. The van der Waals surface area contributed by atoms with Crippen LogP contribution in [-0.2, 0) is 10.9 Å². The largest absolute Gasteiger partial charge is 0.462 e. The van der Waals surface area contributed by atoms with E-state index in [0.29, 0.717) is 6.07 Å². The number of aliphatic hydroxyl groups excluding tert-OH is 4. The van der Waals surface area contributed by atoms with Gasteiger partial charge in [-0.1, -0.05) is 0 Å². The van der Waals surface area contributed by atoms with Gasteiger partial charge >= 0.3 is 11.8 Å². The van der Waals surface area contributed by atoms with Crippen LogP contribution >= 0.6 is 0 Å². The Balaban J connectivity index is 1.93. The second-order valence-corrected chi connectivity index (χ2v) is 5.95. The summed E-state index contributed by atoms with van der Waals surface area (Å²) in [4.78, 5) is 11.4. The highest BCUT2D eigenvalue weighted by Crippen LogP contribution is 2.35. The maximum Gasteiger partial charge on any atom is 0.417 e. The molecule has 0 spiro atoms. The quantitative estimate of drug-likeness (QED) is 0.537. The Morgan fingerprint density at radius 2 is 1.78 bits per heavy atom. The molecule has 2 aromatic rings. The highest BCUT2D eigenvalue weighted by Gasteiger charge is 2.44. The first-order valence-corrected chi connectivity index (χ1v) is 7.74. The molecule has 0 amide bonds. The van der Waals surface area contributed by atoms with Gasteiger partial charge in [0.15, 0.2) is 0 Å². The number of aliphatic hydroxyl groups is 4. The summed E-state index contributed by atoms with van der Waals surface area (Å²) in [6.07, 6.45) is -12.5. The van der Waals surface area contributed by atoms with Gasteiger partial charge in [0.05, 0.1) is 12.2 Å². The Hall–Kier alpha value is -2.18. The lowest BCUT2D eigenvalue weighted by atomic mass is 9.99. The minimum atomic E-state index is -4.77. The molecule has 1 saturated heterocycles. The van der Waals surface area contributed by atoms with Gasteiger partial charge in [-0.3, -0.25) is 0 Å². The molecule has 1 aliphatic heterocycles. The lowest BCUT2D eigenvalue weighted by molar-refractivity contribution is -0.277. The maximum atomic E-state index is 13.0. The van der Waals surface area contributed by atoms with Gasteiger partial charge in [-0.25, -0.2) is 4.79 Å². The van der Waals surface area contributed by atoms with Crippen LogP contribution in [0.25, 0.3) is 11.0 Å². The van der Waals surface area contributed by atoms with Gasteiger partial charge in [-0.05, 0) is 12.1 Å². The van der Waals surface area contributed by atoms with Crippen molar-refractivity contribution in [3.05, 3.63) is 40.2 Å². The molecule has 8 nitrogen and oxygen atoms in total. The molecule has 3 rings (SSSR count). The fraction of sp³-hybridized carbons (Fsp3) is 0.438. The van der Waals surface area contributed by atoms with Gasteiger partial charge in [-0.2, -0.15) is 13.2 Å². The number of fused-ring (bicyclic) bond motifs is 1. The van der Waals surface area contributed by atoms with Crippen molar-refractivity contribution in [1.29, 1.82) is 0 Å². The van der Waals surface area contributed by atoms with Crippen molar-refractivity contribution in [3.63, 3.8) is 0 Å². The van der Waals surface area contributed by atoms with E-state index in [1.807, 2.05) is 0 Å². The van der Waals surface area contributed by atoms with Crippen LogP contribution in [0.5, 0.6) is 5.75 Å². The lowest BCUT2D eigenvalue weighted by Crippen LogP contribution is -2.60. The topological polar surface area (TPSA) is 130 Å². The minimum absolute atomic E-state index is 0.130. The predicted octanol–water partition coefficient (Wildman–Crippen LogP) is -0.00950. The molecule has 5 atom stereocenters. The Morgan fingerprint density at radius 3 is 2.41 bits per heavy atom. The summed E-state index contributed by atoms with van der Waals surface area (Å²) in [5.74, 6) is -0.130. The Labute approximate surface area is 149 Å². The fourth-order valence-corrected chi connectivity index (χ4v) is 2.75. The molecule has 27 heavy (non-hydrogen) atoms. The van der Waals surface area contributed by atoms with Crippen LogP contribution in [0.3, 0.4) is 0 Å². The Morgan fingerprint density at radius 1 is 1.07 bits per heavy atom. The van der Waals surface area contributed by atoms with E-state index in [1.165, 1.54) is 0 Å². The summed E-state index contributed by atoms with van der Waals surface area (Å²) >= 11 is 0. The zero-order valence-corrected chi connectivity index (χ0v) is 13.5. The number of alkyl halides is 3. The smallest absolute Gasteiger partial charge is 0.417 e. The summed E-state index contributed by atoms with van der Waals surface area (Å²) in [7, 11) is 0. The van der Waals surface area contributed by atoms with Gasteiger partial charge in [0.1, 0.15) is 35.7 Å². The van der Waals surface area contributed by atoms with Crippen molar-refractivity contribution in [2.45, 2.75) is 36.9 Å². The molecule has 1 aromatic carbocycles. The number of ether oxygens (including phenoxy) is 2. The number of hydrogen-bond donors (Lipinski definition) is 4. The van der Waals surface area contributed by atoms with Crippen LogP contribution in [0.4, 0.5) is 13.2 Å². The van der Waals surface area contributed by atoms with E-state index in [2.05, 4.69) is 0 Å². The van der Waals surface area contributed by atoms with Crippen LogP contribution in [0.2, 0.25) is 0 Å². The van der Waals surface area contributed by atoms with Crippen molar-refractivity contribution in [2.75, 3.05) is 6.61 Å². The molecule has 0 bridgehead atoms. The molecule has 1 aromatic heterocycles. The highest BCUT2D eigenvalue weighted by molar-refractivity contribution is 5.82. The van der Waals surface area contributed by atoms with Gasteiger partial charge in [0.2, 0.25) is 6.29 Å². The second-order valence-electron chi connectivity index (χ2n) is 5.95. The minimum Gasteiger partial charge on any atom is -0.462 e. The molecule has 0 saturated carbocycles. The van der Waals surface area contributed by atoms with E-state index in [0.717, 1.165) is 18.2 Å². The van der Waals surface area contributed by atoms with Gasteiger partial charge in [0, 0.05) is 17.5 Å². The van der Waals surface area contributed by atoms with Crippen LogP contribution in [0.15, 0.2) is 33.5 Å². The fourth-order valence-electron chi connectivity index (χ4n) is 2.75. The van der Waals surface area contributed by atoms with Crippen molar-refractivity contribution in [3.8, 4) is 5.75 Å². The van der Waals surface area contributed by atoms with E-state index in [1.54, 1.807) is 0 Å². The third-order valence-corrected chi connectivity index (χ3v) is 4.12. The molecule has 5 unspecified atom stereocenters. The van der Waals surface area contributed by atoms with Gasteiger partial charge < -0.3 is 34.3 Å². The lowest BCUT2D eigenvalue weighted by Gasteiger charge is -2.39. The molecular formula is C16H15F3O8. The summed E-state index contributed by atoms with van der Waals surface area (Å²) in [5.41, 5.74) is -2.79. The Bertz CT molecular complexity index is 878. The van der Waals surface area contributed by atoms with Crippen molar-refractivity contribution >= 4 is 11.0 Å². The van der Waals surface area contributed by atoms with E-state index < -0.39 is 60.3 Å². The van der Waals surface area contributed by atoms with Crippen LogP contribution in [0, 0.1) is 0 Å². The maximum absolute atomic E-state index is 13.0. The number of halogens is 3. The second kappa shape index (κ2) is 7.09. The predicted molar refractivity (Wildman–Crippen MR) is 81.9 cm³/mol. The van der Waals surface area contributed by atoms with Crippen LogP contribution in [-0.4, -0.2) is 57.7 Å². The van der Waals surface area contributed by atoms with Crippen LogP contribution in [0.1, 0.15) is 5.56 Å². The standard InChI is InChI=1S/C16H15F3O8/c17-16(18,19)8-4-11(21)26-9-3-6(1-2-7(8)9)25-15-14(24)13(23)12(22)10(5-20)27-15/h1-4,10,12-15,20,22-24H,5H2. The molecular weight excluding hydrogens is 377 g/mol. The van der Waals surface area contributed by atoms with Gasteiger partial charge in [-0.15, -0.1) is 0 Å². The van der Waals surface area contributed by atoms with E-state index in [4.69, 9.17) is 19.0 Å². The first-order valence-electron chi connectivity index (χ1n) is 7.74. The molecule has 148 valence electrons. The number of rotatable bonds is 3. The Kier molecular flexibility index (Phi) is 5.14. The van der Waals surface area contributed by atoms with E-state index >= 15 is 0 Å². The SMILES string of the molecule is O=c1cc(C(F)(F)F)c2ccc(OC3OC(CO)C(O)C(O)C3O)cc2o1. The first kappa shape index (κ1) is 19.6. The molecule has 1 aliphatic rings. The zero-order chi connectivity index (χ0) is 19.9. The zero-order valence-electron chi connectivity index (χ0n) is 13.5. The third-order valence-electron chi connectivity index (χ3n) is 4.12. The molecule has 0 radical (unpaired) electrons. The third kappa shape index (κ3) is 3.77. The number of benzene rings is 1. The molecule has 1 fully saturated rings. The van der Waals surface area contributed by atoms with E-state index in [-0.39, 0.29) is 11.1 Å². The summed E-state index contributed by atoms with van der Waals surface area (Å²) in [6, 6.07) is 3.47. The van der Waals surface area contributed by atoms with Crippen LogP contribution < -0.4 is 10.4 Å².